The van der Waals surface area contributed by atoms with Crippen molar-refractivity contribution in [2.45, 2.75) is 11.3 Å². The molecule has 15 heavy (non-hydrogen) atoms. The Balaban J connectivity index is 2.41. The average Bonchev–Trinajstić information content (AvgIpc) is 2.28. The maximum Gasteiger partial charge on any atom is 0.105 e. The van der Waals surface area contributed by atoms with Crippen molar-refractivity contribution in [2.24, 2.45) is 9.98 Å². The van der Waals surface area contributed by atoms with Crippen molar-refractivity contribution in [3.63, 3.8) is 0 Å². The highest BCUT2D eigenvalue weighted by Gasteiger charge is 2.16. The molecule has 0 spiro atoms. The smallest absolute Gasteiger partial charge is 0.105 e. The molecule has 2 rings (SSSR count). The third kappa shape index (κ3) is 2.02. The molecule has 0 saturated carbocycles. The number of aliphatic imine (C=N–C) groups is 2. The third-order valence-electron chi connectivity index (χ3n) is 2.26. The Morgan fingerprint density at radius 2 is 2.20 bits per heavy atom. The molecule has 2 nitrogen and oxygen atoms in total. The first kappa shape index (κ1) is 10.2. The van der Waals surface area contributed by atoms with Crippen molar-refractivity contribution < 1.29 is 0 Å². The molecule has 0 bridgehead atoms. The van der Waals surface area contributed by atoms with Gasteiger partial charge in [0.1, 0.15) is 5.03 Å². The Labute approximate surface area is 93.8 Å². The molecule has 0 N–H and O–H groups in total. The first-order valence-electron chi connectivity index (χ1n) is 4.73. The number of hydrogen-bond acceptors (Lipinski definition) is 3. The van der Waals surface area contributed by atoms with Gasteiger partial charge in [-0.2, -0.15) is 0 Å². The fraction of sp³-hybridized carbons (Fsp3) is 0.167. The van der Waals surface area contributed by atoms with Gasteiger partial charge in [0.05, 0.1) is 0 Å². The van der Waals surface area contributed by atoms with E-state index in [1.165, 1.54) is 10.5 Å². The number of fused-ring (bicyclic) bond motifs is 1. The fourth-order valence-corrected chi connectivity index (χ4v) is 2.54. The summed E-state index contributed by atoms with van der Waals surface area (Å²) in [6.45, 7) is 3.60. The van der Waals surface area contributed by atoms with E-state index in [0.717, 1.165) is 17.0 Å². The van der Waals surface area contributed by atoms with Gasteiger partial charge in [-0.1, -0.05) is 30.0 Å². The van der Waals surface area contributed by atoms with E-state index in [0.29, 0.717) is 0 Å². The summed E-state index contributed by atoms with van der Waals surface area (Å²) >= 11 is 1.66. The van der Waals surface area contributed by atoms with Gasteiger partial charge in [0.2, 0.25) is 0 Å². The van der Waals surface area contributed by atoms with Crippen LogP contribution in [0.4, 0.5) is 0 Å². The van der Waals surface area contributed by atoms with E-state index >= 15 is 0 Å². The molecule has 0 fully saturated rings. The van der Waals surface area contributed by atoms with Crippen molar-refractivity contribution in [3.05, 3.63) is 40.4 Å². The minimum absolute atomic E-state index is 0.898. The van der Waals surface area contributed by atoms with Crippen LogP contribution >= 0.6 is 11.8 Å². The Morgan fingerprint density at radius 3 is 2.93 bits per heavy atom. The lowest BCUT2D eigenvalue weighted by Gasteiger charge is -2.17. The van der Waals surface area contributed by atoms with E-state index in [9.17, 15) is 0 Å². The normalized spacial score (nSPS) is 15.5. The summed E-state index contributed by atoms with van der Waals surface area (Å²) in [5.74, 6) is 0. The van der Waals surface area contributed by atoms with Crippen molar-refractivity contribution >= 4 is 24.7 Å². The van der Waals surface area contributed by atoms with Crippen molar-refractivity contribution in [2.75, 3.05) is 7.05 Å². The van der Waals surface area contributed by atoms with Gasteiger partial charge < -0.3 is 0 Å². The zero-order chi connectivity index (χ0) is 10.7. The highest BCUT2D eigenvalue weighted by Crippen LogP contribution is 2.37. The summed E-state index contributed by atoms with van der Waals surface area (Å²) in [4.78, 5) is 9.37. The molecule has 3 heteroatoms. The molecule has 0 atom stereocenters. The van der Waals surface area contributed by atoms with E-state index in [2.05, 4.69) is 34.9 Å². The van der Waals surface area contributed by atoms with Crippen LogP contribution in [0, 0.1) is 0 Å². The van der Waals surface area contributed by atoms with Gasteiger partial charge in [-0.05, 0) is 18.3 Å². The van der Waals surface area contributed by atoms with Gasteiger partial charge in [0.15, 0.2) is 0 Å². The predicted octanol–water partition coefficient (Wildman–Crippen LogP) is 2.95. The summed E-state index contributed by atoms with van der Waals surface area (Å²) in [5, 5.41) is 0.972. The van der Waals surface area contributed by atoms with Crippen LogP contribution in [0.2, 0.25) is 0 Å². The molecule has 0 saturated heterocycles. The minimum atomic E-state index is 0.898. The summed E-state index contributed by atoms with van der Waals surface area (Å²) in [6, 6.07) is 8.37. The Bertz CT molecular complexity index is 447. The van der Waals surface area contributed by atoms with Gasteiger partial charge >= 0.3 is 0 Å². The summed E-state index contributed by atoms with van der Waals surface area (Å²) < 4.78 is 0. The maximum absolute atomic E-state index is 4.05. The van der Waals surface area contributed by atoms with Crippen molar-refractivity contribution in [1.29, 1.82) is 0 Å². The number of allylic oxidation sites excluding steroid dienone is 1. The standard InChI is InChI=1S/C12H12N2S/c1-13-8-10-7-9-5-3-4-6-11(9)15-12(10)14-2/h3-6,8H,2,7H2,1H3/b13-8-. The van der Waals surface area contributed by atoms with E-state index < -0.39 is 0 Å². The lowest BCUT2D eigenvalue weighted by Crippen LogP contribution is -2.02. The van der Waals surface area contributed by atoms with Crippen LogP contribution in [-0.4, -0.2) is 20.0 Å². The van der Waals surface area contributed by atoms with Crippen LogP contribution in [0.1, 0.15) is 5.56 Å². The number of nitrogens with zero attached hydrogens (tertiary/aromatic N) is 2. The number of benzene rings is 1. The van der Waals surface area contributed by atoms with Crippen LogP contribution in [0.5, 0.6) is 0 Å². The monoisotopic (exact) mass is 216 g/mol. The van der Waals surface area contributed by atoms with E-state index in [1.807, 2.05) is 12.3 Å². The second kappa shape index (κ2) is 4.45. The van der Waals surface area contributed by atoms with Gasteiger partial charge in [0.25, 0.3) is 0 Å². The molecular formula is C12H12N2S. The maximum atomic E-state index is 4.05. The predicted molar refractivity (Wildman–Crippen MR) is 67.0 cm³/mol. The highest BCUT2D eigenvalue weighted by molar-refractivity contribution is 8.03. The minimum Gasteiger partial charge on any atom is -0.296 e. The van der Waals surface area contributed by atoms with Crippen LogP contribution in [0.25, 0.3) is 0 Å². The molecule has 0 aromatic heterocycles. The quantitative estimate of drug-likeness (QED) is 0.698. The highest BCUT2D eigenvalue weighted by atomic mass is 32.2. The largest absolute Gasteiger partial charge is 0.296 e. The first-order valence-corrected chi connectivity index (χ1v) is 5.54. The number of rotatable bonds is 2. The second-order valence-electron chi connectivity index (χ2n) is 3.26. The summed E-state index contributed by atoms with van der Waals surface area (Å²) in [7, 11) is 1.78. The van der Waals surface area contributed by atoms with E-state index in [1.54, 1.807) is 18.8 Å². The Morgan fingerprint density at radius 1 is 1.40 bits per heavy atom. The van der Waals surface area contributed by atoms with E-state index in [-0.39, 0.29) is 0 Å². The first-order chi connectivity index (χ1) is 7.35. The van der Waals surface area contributed by atoms with E-state index in [4.69, 9.17) is 0 Å². The molecule has 76 valence electrons. The Hall–Kier alpha value is -1.35. The molecule has 0 unspecified atom stereocenters. The van der Waals surface area contributed by atoms with Crippen molar-refractivity contribution in [3.8, 4) is 0 Å². The molecule has 0 radical (unpaired) electrons. The number of thioether (sulfide) groups is 1. The molecule has 1 aliphatic heterocycles. The summed E-state index contributed by atoms with van der Waals surface area (Å²) in [5.41, 5.74) is 2.49. The topological polar surface area (TPSA) is 24.7 Å². The molecule has 1 aromatic carbocycles. The van der Waals surface area contributed by atoms with Crippen LogP contribution in [-0.2, 0) is 6.42 Å². The van der Waals surface area contributed by atoms with Gasteiger partial charge in [-0.15, -0.1) is 0 Å². The molecule has 0 amide bonds. The third-order valence-corrected chi connectivity index (χ3v) is 3.47. The lowest BCUT2D eigenvalue weighted by molar-refractivity contribution is 1.12. The van der Waals surface area contributed by atoms with Gasteiger partial charge in [-0.3, -0.25) is 9.98 Å². The van der Waals surface area contributed by atoms with Crippen LogP contribution in [0.3, 0.4) is 0 Å². The summed E-state index contributed by atoms with van der Waals surface area (Å²) in [6.07, 6.45) is 2.77. The average molecular weight is 216 g/mol. The van der Waals surface area contributed by atoms with Gasteiger partial charge in [0, 0.05) is 30.2 Å². The number of hydrogen-bond donors (Lipinski definition) is 0. The molecule has 1 heterocycles. The Kier molecular flexibility index (Phi) is 3.02. The molecule has 1 aromatic rings. The molecule has 1 aliphatic rings. The van der Waals surface area contributed by atoms with Crippen LogP contribution < -0.4 is 0 Å². The van der Waals surface area contributed by atoms with Crippen molar-refractivity contribution in [1.82, 2.24) is 0 Å². The molecule has 0 aliphatic carbocycles. The van der Waals surface area contributed by atoms with Gasteiger partial charge in [-0.25, -0.2) is 0 Å². The SMILES string of the molecule is C=NC1=C(/C=N\C)Cc2ccccc2S1. The second-order valence-corrected chi connectivity index (χ2v) is 4.29. The zero-order valence-corrected chi connectivity index (χ0v) is 9.42. The fourth-order valence-electron chi connectivity index (χ4n) is 1.59. The van der Waals surface area contributed by atoms with Crippen LogP contribution in [0.15, 0.2) is 49.7 Å². The zero-order valence-electron chi connectivity index (χ0n) is 8.60. The lowest BCUT2D eigenvalue weighted by atomic mass is 10.1. The molecular weight excluding hydrogens is 204 g/mol.